The van der Waals surface area contributed by atoms with Gasteiger partial charge in [0, 0.05) is 13.1 Å². The van der Waals surface area contributed by atoms with E-state index in [2.05, 4.69) is 20.3 Å². The zero-order valence-corrected chi connectivity index (χ0v) is 18.6. The molecule has 2 heterocycles. The van der Waals surface area contributed by atoms with Gasteiger partial charge in [0.15, 0.2) is 5.69 Å². The largest absolute Gasteiger partial charge is 0.364 e. The van der Waals surface area contributed by atoms with Crippen LogP contribution in [0.2, 0.25) is 5.02 Å². The van der Waals surface area contributed by atoms with Crippen molar-refractivity contribution in [2.24, 2.45) is 5.73 Å². The topological polar surface area (TPSA) is 137 Å². The molecule has 3 amide bonds. The van der Waals surface area contributed by atoms with Crippen LogP contribution in [0.4, 0.5) is 15.9 Å². The lowest BCUT2D eigenvalue weighted by Gasteiger charge is -2.24. The lowest BCUT2D eigenvalue weighted by Crippen LogP contribution is -2.38. The Labute approximate surface area is 193 Å². The number of aromatic amines is 1. The van der Waals surface area contributed by atoms with E-state index in [-0.39, 0.29) is 34.3 Å². The fraction of sp³-hybridized carbons (Fsp3) is 0.190. The Kier molecular flexibility index (Phi) is 7.36. The van der Waals surface area contributed by atoms with E-state index in [1.54, 1.807) is 6.07 Å². The first-order valence-electron chi connectivity index (χ1n) is 9.69. The standard InChI is InChI=1S/C21H21ClFN7O3/c1-29(2)7-8-30(21(33)18-17(19(24)31)26-11-27-18)13-4-6-16(25-10-13)28-20(32)14-5-3-12(23)9-15(14)22/h3-6,9-11H,7-8H2,1-2H3,(H2,24,31)(H,26,27)(H,25,28,32). The Morgan fingerprint density at radius 3 is 2.52 bits per heavy atom. The van der Waals surface area contributed by atoms with Crippen LogP contribution in [0.25, 0.3) is 0 Å². The highest BCUT2D eigenvalue weighted by atomic mass is 35.5. The number of hydrogen-bond acceptors (Lipinski definition) is 6. The molecule has 3 aromatic rings. The number of H-pyrrole nitrogens is 1. The quantitative estimate of drug-likeness (QED) is 0.458. The van der Waals surface area contributed by atoms with Gasteiger partial charge >= 0.3 is 0 Å². The van der Waals surface area contributed by atoms with Crippen molar-refractivity contribution in [3.05, 3.63) is 70.6 Å². The van der Waals surface area contributed by atoms with E-state index in [9.17, 15) is 18.8 Å². The summed E-state index contributed by atoms with van der Waals surface area (Å²) in [6.07, 6.45) is 2.61. The number of likely N-dealkylation sites (N-methyl/N-ethyl adjacent to an activating group) is 1. The molecule has 3 rings (SSSR count). The van der Waals surface area contributed by atoms with Crippen LogP contribution in [-0.4, -0.2) is 64.8 Å². The van der Waals surface area contributed by atoms with E-state index < -0.39 is 23.5 Å². The summed E-state index contributed by atoms with van der Waals surface area (Å²) in [5.41, 5.74) is 5.62. The Morgan fingerprint density at radius 2 is 1.91 bits per heavy atom. The van der Waals surface area contributed by atoms with Gasteiger partial charge in [0.05, 0.1) is 28.8 Å². The summed E-state index contributed by atoms with van der Waals surface area (Å²) in [6.45, 7) is 0.791. The second-order valence-electron chi connectivity index (χ2n) is 7.23. The van der Waals surface area contributed by atoms with Gasteiger partial charge in [-0.05, 0) is 44.4 Å². The molecule has 12 heteroatoms. The summed E-state index contributed by atoms with van der Waals surface area (Å²) in [6, 6.07) is 6.51. The normalized spacial score (nSPS) is 10.8. The van der Waals surface area contributed by atoms with Gasteiger partial charge in [0.1, 0.15) is 17.3 Å². The molecule has 0 spiro atoms. The van der Waals surface area contributed by atoms with Gasteiger partial charge in [-0.25, -0.2) is 14.4 Å². The molecule has 2 aromatic heterocycles. The first kappa shape index (κ1) is 23.8. The van der Waals surface area contributed by atoms with E-state index in [0.717, 1.165) is 12.1 Å². The summed E-state index contributed by atoms with van der Waals surface area (Å²) < 4.78 is 13.2. The third-order valence-electron chi connectivity index (χ3n) is 4.58. The first-order valence-corrected chi connectivity index (χ1v) is 10.1. The SMILES string of the molecule is CN(C)CCN(C(=O)c1nc[nH]c1C(N)=O)c1ccc(NC(=O)c2ccc(F)cc2Cl)nc1. The summed E-state index contributed by atoms with van der Waals surface area (Å²) in [7, 11) is 3.70. The van der Waals surface area contributed by atoms with Crippen molar-refractivity contribution in [3.63, 3.8) is 0 Å². The Balaban J connectivity index is 1.83. The van der Waals surface area contributed by atoms with Crippen LogP contribution in [0.3, 0.4) is 0 Å². The van der Waals surface area contributed by atoms with E-state index in [0.29, 0.717) is 12.2 Å². The van der Waals surface area contributed by atoms with Crippen LogP contribution in [0.5, 0.6) is 0 Å². The summed E-state index contributed by atoms with van der Waals surface area (Å²) in [4.78, 5) is 51.1. The van der Waals surface area contributed by atoms with Crippen LogP contribution in [0.15, 0.2) is 42.9 Å². The summed E-state index contributed by atoms with van der Waals surface area (Å²) in [5, 5.41) is 2.54. The fourth-order valence-corrected chi connectivity index (χ4v) is 3.15. The number of nitrogens with two attached hydrogens (primary N) is 1. The van der Waals surface area contributed by atoms with Crippen molar-refractivity contribution in [2.45, 2.75) is 0 Å². The van der Waals surface area contributed by atoms with Gasteiger partial charge in [0.2, 0.25) is 0 Å². The zero-order chi connectivity index (χ0) is 24.1. The van der Waals surface area contributed by atoms with Gasteiger partial charge < -0.3 is 25.8 Å². The van der Waals surface area contributed by atoms with Crippen LogP contribution in [0, 0.1) is 5.82 Å². The number of primary amides is 1. The number of benzene rings is 1. The van der Waals surface area contributed by atoms with Crippen molar-refractivity contribution in [1.82, 2.24) is 19.9 Å². The summed E-state index contributed by atoms with van der Waals surface area (Å²) in [5.74, 6) is -2.27. The molecule has 0 aliphatic rings. The number of halogens is 2. The maximum Gasteiger partial charge on any atom is 0.279 e. The van der Waals surface area contributed by atoms with E-state index in [1.807, 2.05) is 19.0 Å². The highest BCUT2D eigenvalue weighted by Gasteiger charge is 2.25. The number of pyridine rings is 1. The molecule has 33 heavy (non-hydrogen) atoms. The highest BCUT2D eigenvalue weighted by molar-refractivity contribution is 6.34. The monoisotopic (exact) mass is 473 g/mol. The van der Waals surface area contributed by atoms with Crippen molar-refractivity contribution in [2.75, 3.05) is 37.4 Å². The fourth-order valence-electron chi connectivity index (χ4n) is 2.90. The number of imidazole rings is 1. The van der Waals surface area contributed by atoms with Crippen LogP contribution < -0.4 is 16.0 Å². The van der Waals surface area contributed by atoms with E-state index in [1.165, 1.54) is 29.6 Å². The maximum absolute atomic E-state index is 13.2. The van der Waals surface area contributed by atoms with Crippen molar-refractivity contribution in [1.29, 1.82) is 0 Å². The minimum atomic E-state index is -0.806. The molecule has 0 bridgehead atoms. The number of anilines is 2. The highest BCUT2D eigenvalue weighted by Crippen LogP contribution is 2.21. The predicted molar refractivity (Wildman–Crippen MR) is 121 cm³/mol. The third kappa shape index (κ3) is 5.70. The van der Waals surface area contributed by atoms with Gasteiger partial charge in [-0.15, -0.1) is 0 Å². The van der Waals surface area contributed by atoms with Crippen molar-refractivity contribution in [3.8, 4) is 0 Å². The second-order valence-corrected chi connectivity index (χ2v) is 7.64. The summed E-state index contributed by atoms with van der Waals surface area (Å²) >= 11 is 5.93. The molecular formula is C21H21ClFN7O3. The minimum Gasteiger partial charge on any atom is -0.364 e. The number of nitrogens with zero attached hydrogens (tertiary/aromatic N) is 4. The van der Waals surface area contributed by atoms with Crippen LogP contribution >= 0.6 is 11.6 Å². The van der Waals surface area contributed by atoms with Crippen molar-refractivity contribution >= 4 is 40.8 Å². The molecule has 10 nitrogen and oxygen atoms in total. The Bertz CT molecular complexity index is 1180. The molecule has 0 fully saturated rings. The van der Waals surface area contributed by atoms with Gasteiger partial charge in [-0.1, -0.05) is 11.6 Å². The molecule has 0 saturated carbocycles. The Morgan fingerprint density at radius 1 is 1.15 bits per heavy atom. The number of carbonyl (C=O) groups excluding carboxylic acids is 3. The Hall–Kier alpha value is -3.83. The molecule has 1 aromatic carbocycles. The third-order valence-corrected chi connectivity index (χ3v) is 4.89. The number of carbonyl (C=O) groups is 3. The molecular weight excluding hydrogens is 453 g/mol. The van der Waals surface area contributed by atoms with Gasteiger partial charge in [-0.2, -0.15) is 0 Å². The minimum absolute atomic E-state index is 0.0335. The molecule has 0 aliphatic heterocycles. The van der Waals surface area contributed by atoms with Crippen LogP contribution in [-0.2, 0) is 0 Å². The smallest absolute Gasteiger partial charge is 0.279 e. The molecule has 0 radical (unpaired) electrons. The lowest BCUT2D eigenvalue weighted by molar-refractivity contribution is 0.0954. The van der Waals surface area contributed by atoms with Crippen LogP contribution in [0.1, 0.15) is 31.3 Å². The molecule has 0 saturated heterocycles. The molecule has 4 N–H and O–H groups in total. The number of aromatic nitrogens is 3. The molecule has 0 unspecified atom stereocenters. The molecule has 172 valence electrons. The van der Waals surface area contributed by atoms with E-state index in [4.69, 9.17) is 17.3 Å². The van der Waals surface area contributed by atoms with Crippen molar-refractivity contribution < 1.29 is 18.8 Å². The number of amides is 3. The van der Waals surface area contributed by atoms with E-state index >= 15 is 0 Å². The molecule has 0 aliphatic carbocycles. The second kappa shape index (κ2) is 10.2. The predicted octanol–water partition coefficient (Wildman–Crippen LogP) is 2.16. The number of hydrogen-bond donors (Lipinski definition) is 3. The zero-order valence-electron chi connectivity index (χ0n) is 17.8. The molecule has 0 atom stereocenters. The van der Waals surface area contributed by atoms with Gasteiger partial charge in [0.25, 0.3) is 17.7 Å². The van der Waals surface area contributed by atoms with Gasteiger partial charge in [-0.3, -0.25) is 14.4 Å². The lowest BCUT2D eigenvalue weighted by atomic mass is 10.2. The number of nitrogens with one attached hydrogen (secondary N) is 2. The first-order chi connectivity index (χ1) is 15.7. The maximum atomic E-state index is 13.2. The average Bonchev–Trinajstić information content (AvgIpc) is 3.25. The number of rotatable bonds is 8. The average molecular weight is 474 g/mol.